The summed E-state index contributed by atoms with van der Waals surface area (Å²) >= 11 is 0. The first kappa shape index (κ1) is 9.82. The predicted octanol–water partition coefficient (Wildman–Crippen LogP) is 2.53. The Labute approximate surface area is 85.3 Å². The third-order valence-corrected chi connectivity index (χ3v) is 2.98. The molecule has 0 aliphatic heterocycles. The molecule has 14 heavy (non-hydrogen) atoms. The molecule has 1 fully saturated rings. The summed E-state index contributed by atoms with van der Waals surface area (Å²) in [5.74, 6) is 0.946. The molecule has 78 valence electrons. The van der Waals surface area contributed by atoms with Crippen molar-refractivity contribution in [2.75, 3.05) is 0 Å². The number of aliphatic hydroxyl groups excluding tert-OH is 1. The molecule has 1 N–H and O–H groups in total. The van der Waals surface area contributed by atoms with E-state index < -0.39 is 0 Å². The SMILES string of the molecule is OC1CCCCC1OC1=C=CCCC1. The number of hydrogen-bond donors (Lipinski definition) is 1. The summed E-state index contributed by atoms with van der Waals surface area (Å²) in [5.41, 5.74) is 3.15. The van der Waals surface area contributed by atoms with Crippen LogP contribution in [0.5, 0.6) is 0 Å². The molecule has 2 aliphatic rings. The highest BCUT2D eigenvalue weighted by molar-refractivity contribution is 4.99. The molecule has 0 saturated heterocycles. The minimum absolute atomic E-state index is 0.0257. The Hall–Kier alpha value is -0.720. The first-order chi connectivity index (χ1) is 6.86. The smallest absolute Gasteiger partial charge is 0.138 e. The van der Waals surface area contributed by atoms with Crippen LogP contribution in [-0.2, 0) is 4.74 Å². The lowest BCUT2D eigenvalue weighted by Crippen LogP contribution is -2.32. The maximum atomic E-state index is 9.72. The highest BCUT2D eigenvalue weighted by Crippen LogP contribution is 2.25. The highest BCUT2D eigenvalue weighted by atomic mass is 16.5. The summed E-state index contributed by atoms with van der Waals surface area (Å²) in [6, 6.07) is 0. The molecule has 2 heteroatoms. The van der Waals surface area contributed by atoms with Crippen molar-refractivity contribution in [2.45, 2.75) is 57.2 Å². The summed E-state index contributed by atoms with van der Waals surface area (Å²) in [6.07, 6.45) is 9.25. The molecule has 2 atom stereocenters. The zero-order valence-electron chi connectivity index (χ0n) is 8.54. The minimum Gasteiger partial charge on any atom is -0.484 e. The van der Waals surface area contributed by atoms with Gasteiger partial charge in [-0.05, 0) is 38.2 Å². The van der Waals surface area contributed by atoms with Gasteiger partial charge in [0, 0.05) is 6.42 Å². The van der Waals surface area contributed by atoms with Crippen LogP contribution in [0, 0.1) is 0 Å². The Morgan fingerprint density at radius 2 is 2.14 bits per heavy atom. The van der Waals surface area contributed by atoms with Crippen molar-refractivity contribution in [3.05, 3.63) is 17.6 Å². The fraction of sp³-hybridized carbons (Fsp3) is 0.750. The molecule has 0 aromatic carbocycles. The normalized spacial score (nSPS) is 32.5. The molecule has 0 radical (unpaired) electrons. The van der Waals surface area contributed by atoms with Crippen LogP contribution in [0.1, 0.15) is 44.9 Å². The Morgan fingerprint density at radius 3 is 2.86 bits per heavy atom. The number of rotatable bonds is 2. The average molecular weight is 194 g/mol. The van der Waals surface area contributed by atoms with Gasteiger partial charge in [-0.2, -0.15) is 0 Å². The molecule has 2 unspecified atom stereocenters. The van der Waals surface area contributed by atoms with Gasteiger partial charge < -0.3 is 9.84 Å². The van der Waals surface area contributed by atoms with Gasteiger partial charge >= 0.3 is 0 Å². The number of allylic oxidation sites excluding steroid dienone is 1. The Bertz CT molecular complexity index is 251. The van der Waals surface area contributed by atoms with E-state index in [0.29, 0.717) is 0 Å². The van der Waals surface area contributed by atoms with Gasteiger partial charge in [0.2, 0.25) is 0 Å². The van der Waals surface area contributed by atoms with Crippen LogP contribution in [-0.4, -0.2) is 17.3 Å². The molecule has 2 aliphatic carbocycles. The van der Waals surface area contributed by atoms with Crippen molar-refractivity contribution in [1.29, 1.82) is 0 Å². The predicted molar refractivity (Wildman–Crippen MR) is 54.8 cm³/mol. The quantitative estimate of drug-likeness (QED) is 0.684. The van der Waals surface area contributed by atoms with Gasteiger partial charge in [0.15, 0.2) is 0 Å². The second-order valence-corrected chi connectivity index (χ2v) is 4.17. The molecular formula is C12H18O2. The first-order valence-electron chi connectivity index (χ1n) is 5.65. The largest absolute Gasteiger partial charge is 0.484 e. The second kappa shape index (κ2) is 4.68. The highest BCUT2D eigenvalue weighted by Gasteiger charge is 2.25. The molecule has 1 saturated carbocycles. The summed E-state index contributed by atoms with van der Waals surface area (Å²) in [7, 11) is 0. The van der Waals surface area contributed by atoms with Crippen molar-refractivity contribution in [2.24, 2.45) is 0 Å². The van der Waals surface area contributed by atoms with Crippen LogP contribution in [0.2, 0.25) is 0 Å². The number of aliphatic hydroxyl groups is 1. The molecule has 0 bridgehead atoms. The van der Waals surface area contributed by atoms with Gasteiger partial charge in [0.1, 0.15) is 11.9 Å². The van der Waals surface area contributed by atoms with E-state index in [1.165, 1.54) is 6.42 Å². The van der Waals surface area contributed by atoms with Gasteiger partial charge in [-0.15, -0.1) is 0 Å². The maximum Gasteiger partial charge on any atom is 0.138 e. The zero-order valence-corrected chi connectivity index (χ0v) is 8.54. The Balaban J connectivity index is 1.92. The third-order valence-electron chi connectivity index (χ3n) is 2.98. The van der Waals surface area contributed by atoms with Crippen LogP contribution >= 0.6 is 0 Å². The van der Waals surface area contributed by atoms with Crippen molar-refractivity contribution < 1.29 is 9.84 Å². The zero-order chi connectivity index (χ0) is 9.80. The second-order valence-electron chi connectivity index (χ2n) is 4.17. The molecule has 0 aromatic rings. The molecule has 2 nitrogen and oxygen atoms in total. The van der Waals surface area contributed by atoms with E-state index in [0.717, 1.165) is 44.3 Å². The minimum atomic E-state index is -0.264. The van der Waals surface area contributed by atoms with Crippen molar-refractivity contribution in [3.63, 3.8) is 0 Å². The van der Waals surface area contributed by atoms with Crippen LogP contribution in [0.4, 0.5) is 0 Å². The number of hydrogen-bond acceptors (Lipinski definition) is 2. The van der Waals surface area contributed by atoms with Gasteiger partial charge in [-0.25, -0.2) is 0 Å². The molecule has 0 amide bonds. The van der Waals surface area contributed by atoms with Crippen LogP contribution in [0.3, 0.4) is 0 Å². The van der Waals surface area contributed by atoms with E-state index in [9.17, 15) is 5.11 Å². The van der Waals surface area contributed by atoms with E-state index in [4.69, 9.17) is 4.74 Å². The topological polar surface area (TPSA) is 29.5 Å². The third kappa shape index (κ3) is 2.40. The van der Waals surface area contributed by atoms with Crippen molar-refractivity contribution in [1.82, 2.24) is 0 Å². The molecule has 2 rings (SSSR count). The Kier molecular flexibility index (Phi) is 3.28. The lowest BCUT2D eigenvalue weighted by molar-refractivity contribution is -0.0316. The first-order valence-corrected chi connectivity index (χ1v) is 5.65. The van der Waals surface area contributed by atoms with Gasteiger partial charge in [-0.3, -0.25) is 0 Å². The van der Waals surface area contributed by atoms with Crippen LogP contribution < -0.4 is 0 Å². The molecule has 0 aromatic heterocycles. The van der Waals surface area contributed by atoms with Crippen LogP contribution in [0.15, 0.2) is 17.6 Å². The van der Waals surface area contributed by atoms with Gasteiger partial charge in [-0.1, -0.05) is 12.2 Å². The lowest BCUT2D eigenvalue weighted by Gasteiger charge is -2.29. The van der Waals surface area contributed by atoms with Gasteiger partial charge in [0.25, 0.3) is 0 Å². The van der Waals surface area contributed by atoms with E-state index in [1.807, 2.05) is 6.08 Å². The van der Waals surface area contributed by atoms with E-state index in [2.05, 4.69) is 5.73 Å². The van der Waals surface area contributed by atoms with Gasteiger partial charge in [0.05, 0.1) is 6.10 Å². The molecule has 0 heterocycles. The van der Waals surface area contributed by atoms with E-state index in [-0.39, 0.29) is 12.2 Å². The monoisotopic (exact) mass is 194 g/mol. The summed E-state index contributed by atoms with van der Waals surface area (Å²) in [5, 5.41) is 9.72. The number of ether oxygens (including phenoxy) is 1. The van der Waals surface area contributed by atoms with Crippen molar-refractivity contribution >= 4 is 0 Å². The standard InChI is InChI=1S/C12H18O2/c13-11-8-4-5-9-12(11)14-10-6-2-1-3-7-10/h2,11-13H,1,3-5,7-9H2. The lowest BCUT2D eigenvalue weighted by atomic mass is 9.94. The van der Waals surface area contributed by atoms with E-state index in [1.54, 1.807) is 0 Å². The van der Waals surface area contributed by atoms with E-state index >= 15 is 0 Å². The average Bonchev–Trinajstić information content (AvgIpc) is 2.23. The van der Waals surface area contributed by atoms with Crippen molar-refractivity contribution in [3.8, 4) is 0 Å². The molecular weight excluding hydrogens is 176 g/mol. The Morgan fingerprint density at radius 1 is 1.29 bits per heavy atom. The fourth-order valence-corrected chi connectivity index (χ4v) is 2.11. The fourth-order valence-electron chi connectivity index (χ4n) is 2.11. The maximum absolute atomic E-state index is 9.72. The summed E-state index contributed by atoms with van der Waals surface area (Å²) < 4.78 is 5.77. The van der Waals surface area contributed by atoms with Crippen LogP contribution in [0.25, 0.3) is 0 Å². The summed E-state index contributed by atoms with van der Waals surface area (Å²) in [4.78, 5) is 0. The molecule has 0 spiro atoms. The summed E-state index contributed by atoms with van der Waals surface area (Å²) in [6.45, 7) is 0.